The van der Waals surface area contributed by atoms with E-state index in [1.54, 1.807) is 0 Å². The van der Waals surface area contributed by atoms with E-state index in [1.807, 2.05) is 0 Å². The molecule has 2 saturated carbocycles. The van der Waals surface area contributed by atoms with E-state index in [9.17, 15) is 0 Å². The van der Waals surface area contributed by atoms with Crippen LogP contribution in [0.5, 0.6) is 0 Å². The minimum absolute atomic E-state index is 0.850. The number of hydrogen-bond donors (Lipinski definition) is 1. The van der Waals surface area contributed by atoms with Crippen LogP contribution in [0.15, 0.2) is 0 Å². The summed E-state index contributed by atoms with van der Waals surface area (Å²) < 4.78 is 3.29. The van der Waals surface area contributed by atoms with Crippen molar-refractivity contribution in [3.8, 4) is 0 Å². The second kappa shape index (κ2) is 2.09. The molecule has 2 heteroatoms. The van der Waals surface area contributed by atoms with Gasteiger partial charge in [-0.25, -0.2) is 0 Å². The predicted octanol–water partition coefficient (Wildman–Crippen LogP) is 2.26. The Balaban J connectivity index is 1.82. The SMILES string of the molecule is INC1CC2(CCC2)C1. The summed E-state index contributed by atoms with van der Waals surface area (Å²) in [5, 5.41) is 0. The maximum absolute atomic E-state index is 3.29. The van der Waals surface area contributed by atoms with Gasteiger partial charge in [0.1, 0.15) is 0 Å². The highest BCUT2D eigenvalue weighted by molar-refractivity contribution is 14.1. The number of halogens is 1. The maximum Gasteiger partial charge on any atom is 0.0174 e. The number of rotatable bonds is 1. The molecule has 0 atom stereocenters. The van der Waals surface area contributed by atoms with Crippen LogP contribution < -0.4 is 3.53 Å². The molecule has 2 aliphatic carbocycles. The van der Waals surface area contributed by atoms with Crippen molar-refractivity contribution in [1.29, 1.82) is 0 Å². The van der Waals surface area contributed by atoms with Crippen LogP contribution in [0.3, 0.4) is 0 Å². The fraction of sp³-hybridized carbons (Fsp3) is 1.00. The Morgan fingerprint density at radius 3 is 2.33 bits per heavy atom. The van der Waals surface area contributed by atoms with Gasteiger partial charge in [0.05, 0.1) is 0 Å². The Morgan fingerprint density at radius 1 is 1.33 bits per heavy atom. The molecular formula is C7H12IN. The molecule has 0 heterocycles. The maximum atomic E-state index is 3.29. The molecule has 52 valence electrons. The standard InChI is InChI=1S/C7H12IN/c8-9-6-4-7(5-6)2-1-3-7/h6,9H,1-5H2. The average molecular weight is 237 g/mol. The Morgan fingerprint density at radius 2 is 2.00 bits per heavy atom. The van der Waals surface area contributed by atoms with Crippen molar-refractivity contribution >= 4 is 22.9 Å². The van der Waals surface area contributed by atoms with E-state index in [0.717, 1.165) is 11.5 Å². The summed E-state index contributed by atoms with van der Waals surface area (Å²) in [5.74, 6) is 0. The number of hydrogen-bond acceptors (Lipinski definition) is 1. The zero-order chi connectivity index (χ0) is 6.32. The second-order valence-corrected chi connectivity index (χ2v) is 4.19. The molecule has 9 heavy (non-hydrogen) atoms. The highest BCUT2D eigenvalue weighted by Gasteiger charge is 2.47. The fourth-order valence-electron chi connectivity index (χ4n) is 2.15. The van der Waals surface area contributed by atoms with Gasteiger partial charge in [0.25, 0.3) is 0 Å². The van der Waals surface area contributed by atoms with E-state index in [-0.39, 0.29) is 0 Å². The summed E-state index contributed by atoms with van der Waals surface area (Å²) >= 11 is 2.27. The van der Waals surface area contributed by atoms with Crippen LogP contribution in [0.25, 0.3) is 0 Å². The summed E-state index contributed by atoms with van der Waals surface area (Å²) in [6.07, 6.45) is 7.43. The van der Waals surface area contributed by atoms with Crippen LogP contribution in [0, 0.1) is 5.41 Å². The number of nitrogens with one attached hydrogen (secondary N) is 1. The molecule has 0 amide bonds. The van der Waals surface area contributed by atoms with Crippen molar-refractivity contribution in [3.05, 3.63) is 0 Å². The summed E-state index contributed by atoms with van der Waals surface area (Å²) in [4.78, 5) is 0. The highest BCUT2D eigenvalue weighted by atomic mass is 127. The molecule has 2 rings (SSSR count). The third kappa shape index (κ3) is 0.909. The summed E-state index contributed by atoms with van der Waals surface area (Å²) in [7, 11) is 0. The summed E-state index contributed by atoms with van der Waals surface area (Å²) in [6, 6.07) is 0.853. The Bertz CT molecular complexity index is 112. The van der Waals surface area contributed by atoms with E-state index in [2.05, 4.69) is 26.4 Å². The fourth-order valence-corrected chi connectivity index (χ4v) is 2.59. The first-order chi connectivity index (χ1) is 4.35. The van der Waals surface area contributed by atoms with Gasteiger partial charge in [0, 0.05) is 28.9 Å². The van der Waals surface area contributed by atoms with Gasteiger partial charge in [0.15, 0.2) is 0 Å². The molecule has 2 fully saturated rings. The van der Waals surface area contributed by atoms with Gasteiger partial charge >= 0.3 is 0 Å². The molecule has 0 radical (unpaired) electrons. The zero-order valence-corrected chi connectivity index (χ0v) is 7.65. The van der Waals surface area contributed by atoms with Crippen molar-refractivity contribution in [2.24, 2.45) is 5.41 Å². The Kier molecular flexibility index (Phi) is 1.49. The van der Waals surface area contributed by atoms with Gasteiger partial charge in [-0.1, -0.05) is 6.42 Å². The molecule has 0 aromatic rings. The van der Waals surface area contributed by atoms with Crippen molar-refractivity contribution in [2.75, 3.05) is 0 Å². The molecule has 0 aliphatic heterocycles. The molecule has 0 unspecified atom stereocenters. The second-order valence-electron chi connectivity index (χ2n) is 3.57. The van der Waals surface area contributed by atoms with Gasteiger partial charge in [-0.05, 0) is 31.1 Å². The first-order valence-electron chi connectivity index (χ1n) is 3.71. The lowest BCUT2D eigenvalue weighted by atomic mass is 9.54. The molecule has 0 saturated heterocycles. The van der Waals surface area contributed by atoms with E-state index < -0.39 is 0 Å². The third-order valence-electron chi connectivity index (χ3n) is 2.93. The van der Waals surface area contributed by atoms with Gasteiger partial charge < -0.3 is 0 Å². The summed E-state index contributed by atoms with van der Waals surface area (Å²) in [5.41, 5.74) is 0.850. The summed E-state index contributed by atoms with van der Waals surface area (Å²) in [6.45, 7) is 0. The lowest BCUT2D eigenvalue weighted by molar-refractivity contribution is 0.00874. The van der Waals surface area contributed by atoms with Crippen molar-refractivity contribution in [2.45, 2.75) is 38.1 Å². The molecule has 2 aliphatic rings. The van der Waals surface area contributed by atoms with E-state index in [4.69, 9.17) is 0 Å². The highest BCUT2D eigenvalue weighted by Crippen LogP contribution is 2.55. The molecule has 0 aromatic carbocycles. The topological polar surface area (TPSA) is 12.0 Å². The molecule has 1 N–H and O–H groups in total. The van der Waals surface area contributed by atoms with E-state index in [0.29, 0.717) is 0 Å². The minimum Gasteiger partial charge on any atom is -0.258 e. The van der Waals surface area contributed by atoms with Gasteiger partial charge in [-0.3, -0.25) is 3.53 Å². The van der Waals surface area contributed by atoms with E-state index >= 15 is 0 Å². The Labute approximate surface area is 70.1 Å². The van der Waals surface area contributed by atoms with Crippen molar-refractivity contribution < 1.29 is 0 Å². The minimum atomic E-state index is 0.850. The normalized spacial score (nSPS) is 31.7. The van der Waals surface area contributed by atoms with Crippen molar-refractivity contribution in [1.82, 2.24) is 3.53 Å². The Hall–Kier alpha value is 0.690. The molecular weight excluding hydrogens is 225 g/mol. The first kappa shape index (κ1) is 6.40. The van der Waals surface area contributed by atoms with Crippen LogP contribution in [-0.2, 0) is 0 Å². The van der Waals surface area contributed by atoms with Crippen LogP contribution in [0.4, 0.5) is 0 Å². The lowest BCUT2D eigenvalue weighted by Crippen LogP contribution is -2.49. The zero-order valence-electron chi connectivity index (χ0n) is 5.49. The monoisotopic (exact) mass is 237 g/mol. The first-order valence-corrected chi connectivity index (χ1v) is 4.79. The van der Waals surface area contributed by atoms with Gasteiger partial charge in [-0.2, -0.15) is 0 Å². The molecule has 0 bridgehead atoms. The largest absolute Gasteiger partial charge is 0.258 e. The predicted molar refractivity (Wildman–Crippen MR) is 46.5 cm³/mol. The lowest BCUT2D eigenvalue weighted by Gasteiger charge is -2.53. The van der Waals surface area contributed by atoms with Crippen LogP contribution in [0.1, 0.15) is 32.1 Å². The van der Waals surface area contributed by atoms with Gasteiger partial charge in [0.2, 0.25) is 0 Å². The average Bonchev–Trinajstić information content (AvgIpc) is 1.59. The van der Waals surface area contributed by atoms with Crippen LogP contribution in [-0.4, -0.2) is 6.04 Å². The quantitative estimate of drug-likeness (QED) is 0.544. The molecule has 0 aromatic heterocycles. The molecule has 1 spiro atoms. The third-order valence-corrected chi connectivity index (χ3v) is 3.81. The van der Waals surface area contributed by atoms with Gasteiger partial charge in [-0.15, -0.1) is 0 Å². The van der Waals surface area contributed by atoms with E-state index in [1.165, 1.54) is 32.1 Å². The smallest absolute Gasteiger partial charge is 0.0174 e. The van der Waals surface area contributed by atoms with Crippen molar-refractivity contribution in [3.63, 3.8) is 0 Å². The van der Waals surface area contributed by atoms with Crippen LogP contribution >= 0.6 is 22.9 Å². The van der Waals surface area contributed by atoms with Crippen LogP contribution in [0.2, 0.25) is 0 Å². The molecule has 1 nitrogen and oxygen atoms in total.